The highest BCUT2D eigenvalue weighted by Crippen LogP contribution is 2.20. The molecule has 0 aliphatic carbocycles. The van der Waals surface area contributed by atoms with E-state index in [1.165, 1.54) is 37.0 Å². The Balaban J connectivity index is 1.85. The first-order valence-corrected chi connectivity index (χ1v) is 9.72. The van der Waals surface area contributed by atoms with E-state index in [2.05, 4.69) is 4.90 Å². The Morgan fingerprint density at radius 1 is 1.04 bits per heavy atom. The Bertz CT molecular complexity index is 453. The molecule has 2 amide bonds. The van der Waals surface area contributed by atoms with Crippen molar-refractivity contribution in [3.63, 3.8) is 0 Å². The summed E-state index contributed by atoms with van der Waals surface area (Å²) < 4.78 is 5.33. The molecular formula is C19H35N3O3. The minimum atomic E-state index is -0.544. The second-order valence-corrected chi connectivity index (χ2v) is 8.42. The van der Waals surface area contributed by atoms with Gasteiger partial charge in [0.05, 0.1) is 0 Å². The van der Waals surface area contributed by atoms with Crippen LogP contribution in [0.25, 0.3) is 0 Å². The van der Waals surface area contributed by atoms with Gasteiger partial charge in [0.2, 0.25) is 5.91 Å². The first-order valence-electron chi connectivity index (χ1n) is 9.72. The van der Waals surface area contributed by atoms with Crippen LogP contribution >= 0.6 is 0 Å². The third-order valence-corrected chi connectivity index (χ3v) is 4.98. The average Bonchev–Trinajstić information content (AvgIpc) is 2.82. The van der Waals surface area contributed by atoms with Crippen molar-refractivity contribution in [2.45, 2.75) is 70.9 Å². The molecule has 0 saturated carbocycles. The number of nitrogens with zero attached hydrogens (tertiary/aromatic N) is 3. The van der Waals surface area contributed by atoms with Crippen LogP contribution in [0.1, 0.15) is 59.3 Å². The molecule has 6 heteroatoms. The summed E-state index contributed by atoms with van der Waals surface area (Å²) in [5.74, 6) is 0.0212. The van der Waals surface area contributed by atoms with Gasteiger partial charge in [0.15, 0.2) is 0 Å². The lowest BCUT2D eigenvalue weighted by molar-refractivity contribution is -0.134. The highest BCUT2D eigenvalue weighted by Gasteiger charge is 2.29. The number of hydrogen-bond donors (Lipinski definition) is 0. The van der Waals surface area contributed by atoms with Gasteiger partial charge in [-0.05, 0) is 59.5 Å². The van der Waals surface area contributed by atoms with Gasteiger partial charge in [-0.3, -0.25) is 9.69 Å². The van der Waals surface area contributed by atoms with E-state index in [1.54, 1.807) is 7.05 Å². The quantitative estimate of drug-likeness (QED) is 0.783. The van der Waals surface area contributed by atoms with Crippen molar-refractivity contribution in [2.24, 2.45) is 0 Å². The summed E-state index contributed by atoms with van der Waals surface area (Å²) in [6, 6.07) is 0.475. The summed E-state index contributed by atoms with van der Waals surface area (Å²) in [5, 5.41) is 0. The molecule has 2 rings (SSSR count). The lowest BCUT2D eigenvalue weighted by Gasteiger charge is -2.39. The van der Waals surface area contributed by atoms with Crippen molar-refractivity contribution < 1.29 is 14.3 Å². The Morgan fingerprint density at radius 2 is 1.68 bits per heavy atom. The number of piperidine rings is 1. The van der Waals surface area contributed by atoms with Gasteiger partial charge in [0.1, 0.15) is 12.1 Å². The summed E-state index contributed by atoms with van der Waals surface area (Å²) in [5.41, 5.74) is -0.544. The fraction of sp³-hybridized carbons (Fsp3) is 0.895. The topological polar surface area (TPSA) is 53.1 Å². The molecular weight excluding hydrogens is 318 g/mol. The van der Waals surface area contributed by atoms with E-state index in [1.807, 2.05) is 25.7 Å². The predicted molar refractivity (Wildman–Crippen MR) is 98.5 cm³/mol. The van der Waals surface area contributed by atoms with Crippen molar-refractivity contribution in [3.8, 4) is 0 Å². The molecule has 0 spiro atoms. The lowest BCUT2D eigenvalue weighted by Crippen LogP contribution is -2.52. The first kappa shape index (κ1) is 20.0. The van der Waals surface area contributed by atoms with Gasteiger partial charge in [0.25, 0.3) is 0 Å². The van der Waals surface area contributed by atoms with Gasteiger partial charge in [-0.15, -0.1) is 0 Å². The normalized spacial score (nSPS) is 23.0. The maximum Gasteiger partial charge on any atom is 0.410 e. The molecule has 6 nitrogen and oxygen atoms in total. The average molecular weight is 354 g/mol. The summed E-state index contributed by atoms with van der Waals surface area (Å²) >= 11 is 0. The maximum atomic E-state index is 12.6. The van der Waals surface area contributed by atoms with E-state index < -0.39 is 11.7 Å². The van der Waals surface area contributed by atoms with Gasteiger partial charge < -0.3 is 14.5 Å². The third kappa shape index (κ3) is 6.49. The number of rotatable bonds is 3. The number of likely N-dealkylation sites (tertiary alicyclic amines) is 2. The number of hydrogen-bond acceptors (Lipinski definition) is 4. The minimum absolute atomic E-state index is 0.0212. The summed E-state index contributed by atoms with van der Waals surface area (Å²) in [6.45, 7) is 9.48. The summed E-state index contributed by atoms with van der Waals surface area (Å²) in [4.78, 5) is 30.6. The van der Waals surface area contributed by atoms with Crippen molar-refractivity contribution in [2.75, 3.05) is 39.8 Å². The molecule has 0 bridgehead atoms. The van der Waals surface area contributed by atoms with Gasteiger partial charge in [-0.2, -0.15) is 0 Å². The number of likely N-dealkylation sites (N-methyl/N-ethyl adjacent to an activating group) is 1. The van der Waals surface area contributed by atoms with Gasteiger partial charge in [-0.25, -0.2) is 4.79 Å². The smallest absolute Gasteiger partial charge is 0.410 e. The molecule has 0 radical (unpaired) electrons. The van der Waals surface area contributed by atoms with Crippen molar-refractivity contribution in [1.82, 2.24) is 14.7 Å². The van der Waals surface area contributed by atoms with E-state index in [9.17, 15) is 9.59 Å². The van der Waals surface area contributed by atoms with Gasteiger partial charge >= 0.3 is 6.09 Å². The number of amides is 2. The van der Waals surface area contributed by atoms with E-state index in [4.69, 9.17) is 4.74 Å². The van der Waals surface area contributed by atoms with Crippen LogP contribution in [-0.2, 0) is 9.53 Å². The Kier molecular flexibility index (Phi) is 7.11. The summed E-state index contributed by atoms with van der Waals surface area (Å²) in [7, 11) is 1.63. The van der Waals surface area contributed by atoms with Crippen LogP contribution in [0.3, 0.4) is 0 Å². The van der Waals surface area contributed by atoms with E-state index in [0.29, 0.717) is 6.04 Å². The van der Waals surface area contributed by atoms with E-state index >= 15 is 0 Å². The van der Waals surface area contributed by atoms with E-state index in [-0.39, 0.29) is 12.5 Å². The third-order valence-electron chi connectivity index (χ3n) is 4.98. The predicted octanol–water partition coefficient (Wildman–Crippen LogP) is 2.72. The minimum Gasteiger partial charge on any atom is -0.444 e. The molecule has 1 atom stereocenters. The highest BCUT2D eigenvalue weighted by molar-refractivity contribution is 5.82. The Labute approximate surface area is 152 Å². The molecule has 1 unspecified atom stereocenters. The largest absolute Gasteiger partial charge is 0.444 e. The standard InChI is InChI=1S/C19H35N3O3/c1-19(2,3)25-18(24)20(4)15-17(23)22-13-9-10-16(14-22)21-11-7-5-6-8-12-21/h16H,5-15H2,1-4H3. The zero-order valence-corrected chi connectivity index (χ0v) is 16.4. The maximum absolute atomic E-state index is 12.6. The van der Waals surface area contributed by atoms with Crippen LogP contribution in [0.5, 0.6) is 0 Å². The molecule has 0 aromatic rings. The molecule has 2 saturated heterocycles. The Morgan fingerprint density at radius 3 is 2.28 bits per heavy atom. The van der Waals surface area contributed by atoms with Gasteiger partial charge in [-0.1, -0.05) is 12.8 Å². The molecule has 0 aromatic carbocycles. The van der Waals surface area contributed by atoms with Gasteiger partial charge in [0, 0.05) is 26.2 Å². The van der Waals surface area contributed by atoms with Crippen molar-refractivity contribution in [1.29, 1.82) is 0 Å². The van der Waals surface area contributed by atoms with Crippen molar-refractivity contribution >= 4 is 12.0 Å². The van der Waals surface area contributed by atoms with Crippen molar-refractivity contribution in [3.05, 3.63) is 0 Å². The van der Waals surface area contributed by atoms with Crippen LogP contribution in [-0.4, -0.2) is 78.1 Å². The number of carbonyl (C=O) groups excluding carboxylic acids is 2. The molecule has 0 aromatic heterocycles. The zero-order chi connectivity index (χ0) is 18.4. The van der Waals surface area contributed by atoms with Crippen LogP contribution in [0.4, 0.5) is 4.79 Å². The number of carbonyl (C=O) groups is 2. The van der Waals surface area contributed by atoms with E-state index in [0.717, 1.165) is 32.6 Å². The van der Waals surface area contributed by atoms with Crippen LogP contribution < -0.4 is 0 Å². The Hall–Kier alpha value is -1.30. The molecule has 0 N–H and O–H groups in total. The molecule has 25 heavy (non-hydrogen) atoms. The SMILES string of the molecule is CN(CC(=O)N1CCCC(N2CCCCCC2)C1)C(=O)OC(C)(C)C. The first-order chi connectivity index (χ1) is 11.8. The highest BCUT2D eigenvalue weighted by atomic mass is 16.6. The summed E-state index contributed by atoms with van der Waals surface area (Å²) in [6.07, 6.45) is 6.97. The molecule has 2 heterocycles. The second kappa shape index (κ2) is 8.88. The van der Waals surface area contributed by atoms with Crippen LogP contribution in [0, 0.1) is 0 Å². The lowest BCUT2D eigenvalue weighted by atomic mass is 10.0. The van der Waals surface area contributed by atoms with Crippen LogP contribution in [0.2, 0.25) is 0 Å². The molecule has 2 fully saturated rings. The monoisotopic (exact) mass is 353 g/mol. The number of ether oxygens (including phenoxy) is 1. The fourth-order valence-electron chi connectivity index (χ4n) is 3.65. The molecule has 144 valence electrons. The molecule has 2 aliphatic rings. The zero-order valence-electron chi connectivity index (χ0n) is 16.4. The molecule has 2 aliphatic heterocycles. The van der Waals surface area contributed by atoms with Crippen LogP contribution in [0.15, 0.2) is 0 Å². The second-order valence-electron chi connectivity index (χ2n) is 8.42. The fourth-order valence-corrected chi connectivity index (χ4v) is 3.65.